The molecule has 0 radical (unpaired) electrons. The molecule has 1 saturated heterocycles. The van der Waals surface area contributed by atoms with E-state index in [9.17, 15) is 0 Å². The fourth-order valence-corrected chi connectivity index (χ4v) is 4.49. The van der Waals surface area contributed by atoms with Gasteiger partial charge in [-0.2, -0.15) is 0 Å². The van der Waals surface area contributed by atoms with E-state index in [1.807, 2.05) is 12.1 Å². The molecule has 0 bridgehead atoms. The smallest absolute Gasteiger partial charge is 0.200 e. The lowest BCUT2D eigenvalue weighted by Crippen LogP contribution is -2.26. The van der Waals surface area contributed by atoms with Gasteiger partial charge in [0.1, 0.15) is 6.79 Å². The van der Waals surface area contributed by atoms with Crippen LogP contribution in [0, 0.1) is 0 Å². The third kappa shape index (κ3) is 3.53. The Hall–Kier alpha value is -1.31. The van der Waals surface area contributed by atoms with Gasteiger partial charge in [0.2, 0.25) is 5.82 Å². The molecule has 24 heavy (non-hydrogen) atoms. The Kier molecular flexibility index (Phi) is 5.20. The second kappa shape index (κ2) is 7.72. The molecule has 0 unspecified atom stereocenters. The van der Waals surface area contributed by atoms with Gasteiger partial charge >= 0.3 is 0 Å². The first-order valence-electron chi connectivity index (χ1n) is 8.73. The lowest BCUT2D eigenvalue weighted by Gasteiger charge is -2.26. The standard InChI is InChI=1S/C17H23N3O3S/c1-2-5-13(6-3-1)20-16(15-7-4-9-22-15)18-19-17(20)24-11-14-8-10-21-12-23-14/h4,7,9,13-14H,1-3,5-6,8,10-12H2/t14-/m0/s1. The molecule has 3 heterocycles. The van der Waals surface area contributed by atoms with E-state index < -0.39 is 0 Å². The predicted octanol–water partition coefficient (Wildman–Crippen LogP) is 3.90. The molecule has 7 heteroatoms. The first-order valence-corrected chi connectivity index (χ1v) is 9.71. The van der Waals surface area contributed by atoms with E-state index in [0.29, 0.717) is 12.8 Å². The molecular formula is C17H23N3O3S. The van der Waals surface area contributed by atoms with Crippen LogP contribution in [0.2, 0.25) is 0 Å². The summed E-state index contributed by atoms with van der Waals surface area (Å²) in [6.07, 6.45) is 9.11. The van der Waals surface area contributed by atoms with Crippen molar-refractivity contribution in [2.75, 3.05) is 19.2 Å². The molecule has 1 aliphatic carbocycles. The molecule has 2 aromatic heterocycles. The van der Waals surface area contributed by atoms with E-state index in [1.165, 1.54) is 32.1 Å². The SMILES string of the molecule is c1coc(-c2nnc(SC[C@@H]3CCOCO3)n2C2CCCCC2)c1. The number of hydrogen-bond acceptors (Lipinski definition) is 6. The van der Waals surface area contributed by atoms with Crippen molar-refractivity contribution in [3.8, 4) is 11.6 Å². The molecule has 1 atom stereocenters. The van der Waals surface area contributed by atoms with E-state index in [2.05, 4.69) is 14.8 Å². The van der Waals surface area contributed by atoms with E-state index in [1.54, 1.807) is 18.0 Å². The van der Waals surface area contributed by atoms with E-state index >= 15 is 0 Å². The number of furan rings is 1. The topological polar surface area (TPSA) is 62.3 Å². The summed E-state index contributed by atoms with van der Waals surface area (Å²) < 4.78 is 18.8. The predicted molar refractivity (Wildman–Crippen MR) is 90.9 cm³/mol. The Balaban J connectivity index is 1.56. The highest BCUT2D eigenvalue weighted by atomic mass is 32.2. The maximum Gasteiger partial charge on any atom is 0.200 e. The summed E-state index contributed by atoms with van der Waals surface area (Å²) in [7, 11) is 0. The summed E-state index contributed by atoms with van der Waals surface area (Å²) in [5.41, 5.74) is 0. The van der Waals surface area contributed by atoms with Crippen LogP contribution in [0.15, 0.2) is 28.0 Å². The average Bonchev–Trinajstić information content (AvgIpc) is 3.31. The summed E-state index contributed by atoms with van der Waals surface area (Å²) in [4.78, 5) is 0. The van der Waals surface area contributed by atoms with Crippen LogP contribution in [0.3, 0.4) is 0 Å². The van der Waals surface area contributed by atoms with Crippen molar-refractivity contribution in [1.29, 1.82) is 0 Å². The molecule has 0 spiro atoms. The molecule has 4 rings (SSSR count). The molecule has 1 saturated carbocycles. The number of nitrogens with zero attached hydrogens (tertiary/aromatic N) is 3. The van der Waals surface area contributed by atoms with Gasteiger partial charge in [-0.05, 0) is 31.4 Å². The van der Waals surface area contributed by atoms with Gasteiger partial charge in [-0.15, -0.1) is 10.2 Å². The van der Waals surface area contributed by atoms with Gasteiger partial charge in [-0.3, -0.25) is 4.57 Å². The van der Waals surface area contributed by atoms with E-state index in [-0.39, 0.29) is 6.10 Å². The monoisotopic (exact) mass is 349 g/mol. The molecule has 130 valence electrons. The third-order valence-corrected chi connectivity index (χ3v) is 5.79. The van der Waals surface area contributed by atoms with Crippen LogP contribution in [0.5, 0.6) is 0 Å². The summed E-state index contributed by atoms with van der Waals surface area (Å²) in [5, 5.41) is 9.87. The minimum absolute atomic E-state index is 0.229. The lowest BCUT2D eigenvalue weighted by molar-refractivity contribution is -0.130. The number of thioether (sulfide) groups is 1. The van der Waals surface area contributed by atoms with Crippen LogP contribution in [-0.2, 0) is 9.47 Å². The Morgan fingerprint density at radius 2 is 2.08 bits per heavy atom. The highest BCUT2D eigenvalue weighted by molar-refractivity contribution is 7.99. The van der Waals surface area contributed by atoms with Crippen LogP contribution in [0.4, 0.5) is 0 Å². The van der Waals surface area contributed by atoms with Gasteiger partial charge in [0.25, 0.3) is 0 Å². The Bertz CT molecular complexity index is 632. The zero-order valence-corrected chi connectivity index (χ0v) is 14.5. The van der Waals surface area contributed by atoms with Gasteiger partial charge in [0, 0.05) is 11.8 Å². The normalized spacial score (nSPS) is 22.8. The second-order valence-corrected chi connectivity index (χ2v) is 7.35. The third-order valence-electron chi connectivity index (χ3n) is 4.72. The van der Waals surface area contributed by atoms with Crippen molar-refractivity contribution in [2.45, 2.75) is 55.8 Å². The zero-order valence-electron chi connectivity index (χ0n) is 13.7. The van der Waals surface area contributed by atoms with E-state index in [4.69, 9.17) is 13.9 Å². The Labute approximate surface area is 145 Å². The van der Waals surface area contributed by atoms with Crippen molar-refractivity contribution < 1.29 is 13.9 Å². The first-order chi connectivity index (χ1) is 11.9. The summed E-state index contributed by atoms with van der Waals surface area (Å²) in [6, 6.07) is 4.32. The van der Waals surface area contributed by atoms with Gasteiger partial charge < -0.3 is 13.9 Å². The Morgan fingerprint density at radius 1 is 1.17 bits per heavy atom. The highest BCUT2D eigenvalue weighted by Crippen LogP contribution is 2.36. The van der Waals surface area contributed by atoms with Gasteiger partial charge in [0.15, 0.2) is 10.9 Å². The van der Waals surface area contributed by atoms with Crippen molar-refractivity contribution in [3.05, 3.63) is 18.4 Å². The van der Waals surface area contributed by atoms with Gasteiger partial charge in [-0.1, -0.05) is 31.0 Å². The maximum absolute atomic E-state index is 5.65. The number of ether oxygens (including phenoxy) is 2. The van der Waals surface area contributed by atoms with Crippen LogP contribution in [0.1, 0.15) is 44.6 Å². The quantitative estimate of drug-likeness (QED) is 0.763. The van der Waals surface area contributed by atoms with E-state index in [0.717, 1.165) is 35.5 Å². The fraction of sp³-hybridized carbons (Fsp3) is 0.647. The molecule has 0 aromatic carbocycles. The fourth-order valence-electron chi connectivity index (χ4n) is 3.42. The zero-order chi connectivity index (χ0) is 16.2. The van der Waals surface area contributed by atoms with Crippen molar-refractivity contribution >= 4 is 11.8 Å². The minimum atomic E-state index is 0.229. The average molecular weight is 349 g/mol. The largest absolute Gasteiger partial charge is 0.461 e. The molecule has 6 nitrogen and oxygen atoms in total. The van der Waals surface area contributed by atoms with Gasteiger partial charge in [-0.25, -0.2) is 0 Å². The van der Waals surface area contributed by atoms with Crippen molar-refractivity contribution in [1.82, 2.24) is 14.8 Å². The molecule has 2 fully saturated rings. The molecule has 2 aliphatic rings. The van der Waals surface area contributed by atoms with Crippen LogP contribution in [-0.4, -0.2) is 40.0 Å². The molecule has 0 amide bonds. The van der Waals surface area contributed by atoms with Crippen molar-refractivity contribution in [2.24, 2.45) is 0 Å². The minimum Gasteiger partial charge on any atom is -0.461 e. The molecule has 1 aliphatic heterocycles. The summed E-state index contributed by atoms with van der Waals surface area (Å²) in [5.74, 6) is 2.52. The van der Waals surface area contributed by atoms with Crippen molar-refractivity contribution in [3.63, 3.8) is 0 Å². The lowest BCUT2D eigenvalue weighted by atomic mass is 9.95. The van der Waals surface area contributed by atoms with Crippen LogP contribution < -0.4 is 0 Å². The number of rotatable bonds is 5. The summed E-state index contributed by atoms with van der Waals surface area (Å²) in [6.45, 7) is 1.18. The first kappa shape index (κ1) is 16.2. The van der Waals surface area contributed by atoms with Gasteiger partial charge in [0.05, 0.1) is 19.0 Å². The number of aromatic nitrogens is 3. The molecule has 2 aromatic rings. The number of hydrogen-bond donors (Lipinski definition) is 0. The van der Waals surface area contributed by atoms with Crippen LogP contribution in [0.25, 0.3) is 11.6 Å². The Morgan fingerprint density at radius 3 is 2.83 bits per heavy atom. The summed E-state index contributed by atoms with van der Waals surface area (Å²) >= 11 is 1.73. The maximum atomic E-state index is 5.65. The highest BCUT2D eigenvalue weighted by Gasteiger charge is 2.26. The van der Waals surface area contributed by atoms with Crippen LogP contribution >= 0.6 is 11.8 Å². The molecule has 0 N–H and O–H groups in total. The second-order valence-electron chi connectivity index (χ2n) is 6.36. The molecular weight excluding hydrogens is 326 g/mol.